The molecule has 4 aromatic carbocycles. The summed E-state index contributed by atoms with van der Waals surface area (Å²) in [5.74, 6) is 0.520. The van der Waals surface area contributed by atoms with Crippen molar-refractivity contribution in [3.8, 4) is 5.75 Å². The van der Waals surface area contributed by atoms with Gasteiger partial charge in [-0.15, -0.1) is 0 Å². The molecule has 8 nitrogen and oxygen atoms in total. The number of nitrogens with one attached hydrogen (secondary N) is 1. The fraction of sp³-hybridized carbons (Fsp3) is 0.348. The van der Waals surface area contributed by atoms with Gasteiger partial charge in [-0.2, -0.15) is 0 Å². The van der Waals surface area contributed by atoms with Crippen molar-refractivity contribution < 1.29 is 29.0 Å². The molecule has 0 spiro atoms. The van der Waals surface area contributed by atoms with Crippen LogP contribution >= 0.6 is 0 Å². The van der Waals surface area contributed by atoms with Crippen LogP contribution in [-0.2, 0) is 13.0 Å². The number of aliphatic hydroxyl groups is 2. The first kappa shape index (κ1) is 37.1. The first-order valence-corrected chi connectivity index (χ1v) is 19.0. The molecule has 0 radical (unpaired) electrons. The standard InChI is InChI=1S/C46H50N2O6/c1-31-9-7-24-45(2)41(39-22-16-32(27-36(49)19-15-31)28-40(39)43(50)42-14-8-26-54-42)23-25-46(45,52)30-48(44(51)47-35-17-20-37(53-3)21-18-35)29-34-12-6-11-33-10-4-5-13-38(33)34/h4-6,8-14,16-18,20-22,26,28,36,41,49,52H,7,15,19,23-25,27,29-30H2,1-3H3,(H,47,51). The van der Waals surface area contributed by atoms with E-state index in [9.17, 15) is 19.8 Å². The number of amides is 2. The van der Waals surface area contributed by atoms with Gasteiger partial charge in [0.15, 0.2) is 5.76 Å². The number of carbonyl (C=O) groups is 2. The van der Waals surface area contributed by atoms with E-state index in [2.05, 4.69) is 43.4 Å². The molecule has 3 aliphatic rings. The van der Waals surface area contributed by atoms with E-state index in [1.165, 1.54) is 11.8 Å². The molecule has 3 N–H and O–H groups in total. The highest BCUT2D eigenvalue weighted by Gasteiger charge is 2.57. The molecule has 2 bridgehead atoms. The first-order chi connectivity index (χ1) is 26.1. The molecule has 2 amide bonds. The zero-order valence-electron chi connectivity index (χ0n) is 31.4. The summed E-state index contributed by atoms with van der Waals surface area (Å²) in [7, 11) is 1.60. The monoisotopic (exact) mass is 726 g/mol. The number of nitrogens with zero attached hydrogens (tertiary/aromatic N) is 1. The van der Waals surface area contributed by atoms with Crippen LogP contribution < -0.4 is 10.1 Å². The number of methoxy groups -OCH3 is 1. The number of aliphatic hydroxyl groups excluding tert-OH is 1. The number of rotatable bonds is 8. The van der Waals surface area contributed by atoms with E-state index in [1.54, 1.807) is 48.4 Å². The molecule has 1 saturated carbocycles. The van der Waals surface area contributed by atoms with Gasteiger partial charge in [0.05, 0.1) is 31.6 Å². The summed E-state index contributed by atoms with van der Waals surface area (Å²) >= 11 is 0. The topological polar surface area (TPSA) is 112 Å². The van der Waals surface area contributed by atoms with Crippen LogP contribution in [0.4, 0.5) is 10.5 Å². The summed E-state index contributed by atoms with van der Waals surface area (Å²) < 4.78 is 10.9. The van der Waals surface area contributed by atoms with Gasteiger partial charge >= 0.3 is 6.03 Å². The second kappa shape index (κ2) is 15.7. The number of ether oxygens (including phenoxy) is 1. The van der Waals surface area contributed by atoms with E-state index in [0.717, 1.165) is 33.9 Å². The predicted molar refractivity (Wildman–Crippen MR) is 212 cm³/mol. The Kier molecular flexibility index (Phi) is 10.8. The van der Waals surface area contributed by atoms with Crippen LogP contribution in [0.2, 0.25) is 0 Å². The molecule has 5 aromatic rings. The zero-order valence-corrected chi connectivity index (χ0v) is 31.4. The van der Waals surface area contributed by atoms with Crippen molar-refractivity contribution in [2.75, 3.05) is 19.0 Å². The van der Waals surface area contributed by atoms with Crippen LogP contribution in [0.25, 0.3) is 10.8 Å². The lowest BCUT2D eigenvalue weighted by molar-refractivity contribution is -0.0773. The molecular weight excluding hydrogens is 677 g/mol. The van der Waals surface area contributed by atoms with E-state index in [-0.39, 0.29) is 36.6 Å². The van der Waals surface area contributed by atoms with Crippen molar-refractivity contribution in [2.45, 2.75) is 83.0 Å². The maximum atomic E-state index is 14.4. The molecule has 8 heteroatoms. The highest BCUT2D eigenvalue weighted by atomic mass is 16.5. The molecule has 1 aromatic heterocycles. The molecule has 0 aliphatic heterocycles. The van der Waals surface area contributed by atoms with Crippen molar-refractivity contribution in [3.05, 3.63) is 143 Å². The van der Waals surface area contributed by atoms with Crippen LogP contribution in [-0.4, -0.2) is 52.3 Å². The van der Waals surface area contributed by atoms with Crippen LogP contribution in [0.3, 0.4) is 0 Å². The smallest absolute Gasteiger partial charge is 0.322 e. The number of benzene rings is 4. The summed E-state index contributed by atoms with van der Waals surface area (Å²) in [6.07, 6.45) is 7.39. The third kappa shape index (κ3) is 7.59. The van der Waals surface area contributed by atoms with Crippen LogP contribution in [0.1, 0.15) is 91.1 Å². The lowest BCUT2D eigenvalue weighted by Gasteiger charge is -2.46. The number of furan rings is 1. The third-order valence-electron chi connectivity index (χ3n) is 12.0. The lowest BCUT2D eigenvalue weighted by atomic mass is 9.64. The molecule has 280 valence electrons. The molecule has 4 atom stereocenters. The number of carbonyl (C=O) groups excluding carboxylic acids is 2. The van der Waals surface area contributed by atoms with Gasteiger partial charge in [-0.3, -0.25) is 4.79 Å². The minimum Gasteiger partial charge on any atom is -0.497 e. The van der Waals surface area contributed by atoms with Gasteiger partial charge < -0.3 is 29.6 Å². The molecule has 1 fully saturated rings. The average Bonchev–Trinajstić information content (AvgIpc) is 3.80. The Balaban J connectivity index is 1.30. The molecular formula is C46H50N2O6. The van der Waals surface area contributed by atoms with Crippen LogP contribution in [0, 0.1) is 5.41 Å². The molecule has 1 heterocycles. The Morgan fingerprint density at radius 2 is 1.76 bits per heavy atom. The summed E-state index contributed by atoms with van der Waals surface area (Å²) in [6.45, 7) is 4.60. The normalized spacial score (nSPS) is 22.9. The van der Waals surface area contributed by atoms with E-state index in [1.807, 2.05) is 42.5 Å². The third-order valence-corrected chi connectivity index (χ3v) is 12.0. The van der Waals surface area contributed by atoms with Crippen LogP contribution in [0.15, 0.2) is 119 Å². The molecule has 54 heavy (non-hydrogen) atoms. The summed E-state index contributed by atoms with van der Waals surface area (Å²) in [6, 6.07) is 30.5. The summed E-state index contributed by atoms with van der Waals surface area (Å²) in [4.78, 5) is 30.3. The number of ketones is 1. The highest BCUT2D eigenvalue weighted by molar-refractivity contribution is 6.08. The molecule has 3 aliphatic carbocycles. The second-order valence-corrected chi connectivity index (χ2v) is 15.4. The lowest BCUT2D eigenvalue weighted by Crippen LogP contribution is -2.54. The van der Waals surface area contributed by atoms with E-state index in [0.29, 0.717) is 55.5 Å². The minimum absolute atomic E-state index is 0.0830. The fourth-order valence-corrected chi connectivity index (χ4v) is 8.77. The largest absolute Gasteiger partial charge is 0.497 e. The van der Waals surface area contributed by atoms with Crippen molar-refractivity contribution in [2.24, 2.45) is 5.41 Å². The molecule has 8 rings (SSSR count). The van der Waals surface area contributed by atoms with Crippen LogP contribution in [0.5, 0.6) is 5.75 Å². The minimum atomic E-state index is -1.31. The summed E-state index contributed by atoms with van der Waals surface area (Å²) in [5, 5.41) is 29.3. The molecule has 4 unspecified atom stereocenters. The quantitative estimate of drug-likeness (QED) is 0.109. The Bertz CT molecular complexity index is 2140. The van der Waals surface area contributed by atoms with Gasteiger partial charge in [0, 0.05) is 23.2 Å². The second-order valence-electron chi connectivity index (χ2n) is 15.4. The van der Waals surface area contributed by atoms with E-state index >= 15 is 0 Å². The highest BCUT2D eigenvalue weighted by Crippen LogP contribution is 2.59. The Morgan fingerprint density at radius 1 is 0.963 bits per heavy atom. The number of allylic oxidation sites excluding steroid dienone is 2. The van der Waals surface area contributed by atoms with Gasteiger partial charge in [-0.1, -0.05) is 73.2 Å². The van der Waals surface area contributed by atoms with Gasteiger partial charge in [0.1, 0.15) is 5.75 Å². The van der Waals surface area contributed by atoms with Crippen molar-refractivity contribution in [3.63, 3.8) is 0 Å². The Labute approximate surface area is 317 Å². The Hall–Kier alpha value is -5.18. The number of anilines is 1. The van der Waals surface area contributed by atoms with E-state index < -0.39 is 17.1 Å². The fourth-order valence-electron chi connectivity index (χ4n) is 8.77. The summed E-state index contributed by atoms with van der Waals surface area (Å²) in [5.41, 5.74) is 3.03. The maximum absolute atomic E-state index is 14.4. The predicted octanol–water partition coefficient (Wildman–Crippen LogP) is 9.45. The maximum Gasteiger partial charge on any atom is 0.322 e. The molecule has 0 saturated heterocycles. The van der Waals surface area contributed by atoms with E-state index in [4.69, 9.17) is 9.15 Å². The number of hydrogen-bond acceptors (Lipinski definition) is 6. The first-order valence-electron chi connectivity index (χ1n) is 19.0. The zero-order chi connectivity index (χ0) is 37.9. The van der Waals surface area contributed by atoms with Gasteiger partial charge in [-0.05, 0) is 128 Å². The number of urea groups is 1. The Morgan fingerprint density at radius 3 is 2.54 bits per heavy atom. The number of fused-ring (bicyclic) bond motifs is 9. The van der Waals surface area contributed by atoms with Gasteiger partial charge in [-0.25, -0.2) is 4.79 Å². The SMILES string of the molecule is COc1ccc(NC(=O)N(Cc2cccc3ccccc23)CC2(O)CCC3c4ccc(cc4C(=O)c4ccco4)CC(O)CCC(C)=CCCC32C)cc1. The number of hydrogen-bond donors (Lipinski definition) is 3. The van der Waals surface area contributed by atoms with Crippen molar-refractivity contribution in [1.82, 2.24) is 4.90 Å². The van der Waals surface area contributed by atoms with Crippen molar-refractivity contribution >= 4 is 28.3 Å². The van der Waals surface area contributed by atoms with Crippen molar-refractivity contribution in [1.29, 1.82) is 0 Å². The average molecular weight is 727 g/mol. The van der Waals surface area contributed by atoms with Gasteiger partial charge in [0.25, 0.3) is 0 Å². The van der Waals surface area contributed by atoms with Gasteiger partial charge in [0.2, 0.25) is 5.78 Å².